The van der Waals surface area contributed by atoms with Crippen LogP contribution in [0.2, 0.25) is 0 Å². The largest absolute Gasteiger partial charge is 0.339 e. The number of rotatable bonds is 3. The van der Waals surface area contributed by atoms with Crippen molar-refractivity contribution in [1.82, 2.24) is 15.5 Å². The minimum Gasteiger partial charge on any atom is -0.339 e. The second-order valence-electron chi connectivity index (χ2n) is 5.87. The highest BCUT2D eigenvalue weighted by Crippen LogP contribution is 2.47. The molecule has 1 aromatic heterocycles. The van der Waals surface area contributed by atoms with Crippen molar-refractivity contribution in [3.05, 3.63) is 11.7 Å². The molecule has 1 N–H and O–H groups in total. The minimum atomic E-state index is 0.127. The van der Waals surface area contributed by atoms with Crippen LogP contribution in [0, 0.1) is 0 Å². The SMILES string of the molecule is CCC1(c2nc(C3(C)CC3)no2)CCNCC1. The zero-order valence-electron chi connectivity index (χ0n) is 10.8. The molecule has 0 amide bonds. The Labute approximate surface area is 102 Å². The minimum absolute atomic E-state index is 0.127. The van der Waals surface area contributed by atoms with Crippen molar-refractivity contribution in [3.8, 4) is 0 Å². The summed E-state index contributed by atoms with van der Waals surface area (Å²) >= 11 is 0. The fourth-order valence-corrected chi connectivity index (χ4v) is 2.72. The molecule has 4 heteroatoms. The summed E-state index contributed by atoms with van der Waals surface area (Å²) in [6.07, 6.45) is 5.72. The molecule has 2 heterocycles. The molecule has 0 unspecified atom stereocenters. The van der Waals surface area contributed by atoms with Gasteiger partial charge >= 0.3 is 0 Å². The summed E-state index contributed by atoms with van der Waals surface area (Å²) < 4.78 is 5.58. The van der Waals surface area contributed by atoms with Crippen LogP contribution in [0.3, 0.4) is 0 Å². The predicted molar refractivity (Wildman–Crippen MR) is 65.0 cm³/mol. The Kier molecular flexibility index (Phi) is 2.51. The molecule has 94 valence electrons. The van der Waals surface area contributed by atoms with E-state index in [1.165, 1.54) is 12.8 Å². The highest BCUT2D eigenvalue weighted by atomic mass is 16.5. The summed E-state index contributed by atoms with van der Waals surface area (Å²) in [5, 5.41) is 7.61. The summed E-state index contributed by atoms with van der Waals surface area (Å²) in [6, 6.07) is 0. The third kappa shape index (κ3) is 1.79. The van der Waals surface area contributed by atoms with Gasteiger partial charge in [0.15, 0.2) is 5.82 Å². The van der Waals surface area contributed by atoms with Crippen LogP contribution in [0.25, 0.3) is 0 Å². The van der Waals surface area contributed by atoms with Gasteiger partial charge in [0, 0.05) is 5.41 Å². The van der Waals surface area contributed by atoms with Crippen molar-refractivity contribution in [3.63, 3.8) is 0 Å². The van der Waals surface area contributed by atoms with Gasteiger partial charge in [0.1, 0.15) is 0 Å². The highest BCUT2D eigenvalue weighted by molar-refractivity contribution is 5.17. The average molecular weight is 235 g/mol. The first kappa shape index (κ1) is 11.2. The second-order valence-corrected chi connectivity index (χ2v) is 5.87. The maximum absolute atomic E-state index is 5.58. The van der Waals surface area contributed by atoms with Crippen LogP contribution >= 0.6 is 0 Å². The van der Waals surface area contributed by atoms with Crippen molar-refractivity contribution in [2.45, 2.75) is 56.8 Å². The quantitative estimate of drug-likeness (QED) is 0.872. The number of aromatic nitrogens is 2. The van der Waals surface area contributed by atoms with Gasteiger partial charge in [-0.25, -0.2) is 0 Å². The van der Waals surface area contributed by atoms with E-state index >= 15 is 0 Å². The first-order chi connectivity index (χ1) is 8.19. The molecule has 3 rings (SSSR count). The molecular weight excluding hydrogens is 214 g/mol. The van der Waals surface area contributed by atoms with Crippen LogP contribution in [0.5, 0.6) is 0 Å². The van der Waals surface area contributed by atoms with E-state index < -0.39 is 0 Å². The van der Waals surface area contributed by atoms with E-state index in [1.807, 2.05) is 0 Å². The molecule has 2 fully saturated rings. The van der Waals surface area contributed by atoms with E-state index in [1.54, 1.807) is 0 Å². The second kappa shape index (κ2) is 3.80. The third-order valence-corrected chi connectivity index (χ3v) is 4.66. The van der Waals surface area contributed by atoms with Crippen molar-refractivity contribution >= 4 is 0 Å². The molecule has 0 atom stereocenters. The molecular formula is C13H21N3O. The van der Waals surface area contributed by atoms with Gasteiger partial charge in [-0.2, -0.15) is 4.98 Å². The monoisotopic (exact) mass is 235 g/mol. The number of piperidine rings is 1. The molecule has 4 nitrogen and oxygen atoms in total. The number of nitrogens with zero attached hydrogens (tertiary/aromatic N) is 2. The fraction of sp³-hybridized carbons (Fsp3) is 0.846. The Hall–Kier alpha value is -0.900. The van der Waals surface area contributed by atoms with Crippen LogP contribution < -0.4 is 5.32 Å². The van der Waals surface area contributed by atoms with Crippen LogP contribution in [0.4, 0.5) is 0 Å². The summed E-state index contributed by atoms with van der Waals surface area (Å²) in [6.45, 7) is 6.57. The zero-order chi connectivity index (χ0) is 11.9. The van der Waals surface area contributed by atoms with Crippen molar-refractivity contribution in [1.29, 1.82) is 0 Å². The molecule has 0 bridgehead atoms. The van der Waals surface area contributed by atoms with Gasteiger partial charge in [0.2, 0.25) is 5.89 Å². The van der Waals surface area contributed by atoms with E-state index in [9.17, 15) is 0 Å². The molecule has 2 aliphatic rings. The average Bonchev–Trinajstić information content (AvgIpc) is 2.94. The zero-order valence-corrected chi connectivity index (χ0v) is 10.8. The van der Waals surface area contributed by atoms with Gasteiger partial charge in [-0.1, -0.05) is 19.0 Å². The highest BCUT2D eigenvalue weighted by Gasteiger charge is 2.45. The predicted octanol–water partition coefficient (Wildman–Crippen LogP) is 2.15. The van der Waals surface area contributed by atoms with Crippen molar-refractivity contribution < 1.29 is 4.52 Å². The molecule has 1 saturated carbocycles. The van der Waals surface area contributed by atoms with Gasteiger partial charge in [0.25, 0.3) is 0 Å². The summed E-state index contributed by atoms with van der Waals surface area (Å²) in [4.78, 5) is 4.71. The Morgan fingerprint density at radius 1 is 1.24 bits per heavy atom. The fourth-order valence-electron chi connectivity index (χ4n) is 2.72. The lowest BCUT2D eigenvalue weighted by molar-refractivity contribution is 0.215. The maximum atomic E-state index is 5.58. The molecule has 17 heavy (non-hydrogen) atoms. The number of hydrogen-bond donors (Lipinski definition) is 1. The van der Waals surface area contributed by atoms with Gasteiger partial charge in [-0.05, 0) is 45.2 Å². The molecule has 1 aliphatic heterocycles. The van der Waals surface area contributed by atoms with Gasteiger partial charge in [0.05, 0.1) is 5.41 Å². The number of hydrogen-bond acceptors (Lipinski definition) is 4. The summed E-state index contributed by atoms with van der Waals surface area (Å²) in [7, 11) is 0. The van der Waals surface area contributed by atoms with E-state index in [-0.39, 0.29) is 10.8 Å². The number of nitrogens with one attached hydrogen (secondary N) is 1. The molecule has 0 radical (unpaired) electrons. The van der Waals surface area contributed by atoms with Crippen LogP contribution in [0.15, 0.2) is 4.52 Å². The third-order valence-electron chi connectivity index (χ3n) is 4.66. The van der Waals surface area contributed by atoms with E-state index in [0.29, 0.717) is 0 Å². The molecule has 1 aromatic rings. The summed E-state index contributed by atoms with van der Waals surface area (Å²) in [5.41, 5.74) is 0.339. The summed E-state index contributed by atoms with van der Waals surface area (Å²) in [5.74, 6) is 1.81. The van der Waals surface area contributed by atoms with E-state index in [2.05, 4.69) is 24.3 Å². The van der Waals surface area contributed by atoms with Gasteiger partial charge in [-0.15, -0.1) is 0 Å². The Bertz CT molecular complexity index is 403. The van der Waals surface area contributed by atoms with E-state index in [4.69, 9.17) is 9.51 Å². The lowest BCUT2D eigenvalue weighted by Crippen LogP contribution is -2.39. The van der Waals surface area contributed by atoms with Crippen molar-refractivity contribution in [2.24, 2.45) is 0 Å². The normalized spacial score (nSPS) is 25.8. The molecule has 1 aliphatic carbocycles. The van der Waals surface area contributed by atoms with Gasteiger partial charge in [-0.3, -0.25) is 0 Å². The van der Waals surface area contributed by atoms with Crippen LogP contribution in [0.1, 0.15) is 57.7 Å². The van der Waals surface area contributed by atoms with Crippen molar-refractivity contribution in [2.75, 3.05) is 13.1 Å². The molecule has 1 saturated heterocycles. The Balaban J connectivity index is 1.88. The first-order valence-corrected chi connectivity index (χ1v) is 6.74. The first-order valence-electron chi connectivity index (χ1n) is 6.74. The van der Waals surface area contributed by atoms with Crippen LogP contribution in [-0.4, -0.2) is 23.2 Å². The maximum Gasteiger partial charge on any atom is 0.232 e. The Morgan fingerprint density at radius 3 is 2.53 bits per heavy atom. The molecule has 0 spiro atoms. The molecule has 0 aromatic carbocycles. The van der Waals surface area contributed by atoms with Crippen LogP contribution in [-0.2, 0) is 10.8 Å². The van der Waals surface area contributed by atoms with E-state index in [0.717, 1.165) is 44.1 Å². The lowest BCUT2D eigenvalue weighted by atomic mass is 9.76. The standard InChI is InChI=1S/C13H21N3O/c1-3-13(6-8-14-9-7-13)11-15-10(16-17-11)12(2)4-5-12/h14H,3-9H2,1-2H3. The van der Waals surface area contributed by atoms with Gasteiger partial charge < -0.3 is 9.84 Å². The Morgan fingerprint density at radius 2 is 1.94 bits per heavy atom. The smallest absolute Gasteiger partial charge is 0.232 e. The lowest BCUT2D eigenvalue weighted by Gasteiger charge is -2.33. The topological polar surface area (TPSA) is 51.0 Å².